The predicted molar refractivity (Wildman–Crippen MR) is 214 cm³/mol. The molecule has 4 aromatic rings. The van der Waals surface area contributed by atoms with Gasteiger partial charge in [-0.25, -0.2) is 0 Å². The van der Waals surface area contributed by atoms with E-state index in [-0.39, 0.29) is 41.7 Å². The Kier molecular flexibility index (Phi) is 9.79. The molecule has 3 fully saturated rings. The molecule has 3 saturated heterocycles. The van der Waals surface area contributed by atoms with Crippen molar-refractivity contribution in [3.05, 3.63) is 113 Å². The van der Waals surface area contributed by atoms with Gasteiger partial charge >= 0.3 is 0 Å². The van der Waals surface area contributed by atoms with Crippen molar-refractivity contribution in [1.82, 2.24) is 15.1 Å². The number of nitrogens with zero attached hydrogens (tertiary/aromatic N) is 4. The summed E-state index contributed by atoms with van der Waals surface area (Å²) in [7, 11) is 1.69. The number of nitrogens with one attached hydrogen (secondary N) is 1. The Morgan fingerprint density at radius 1 is 0.804 bits per heavy atom. The van der Waals surface area contributed by atoms with Crippen LogP contribution in [0, 0.1) is 5.92 Å². The number of anilines is 2. The first-order valence-electron chi connectivity index (χ1n) is 20.0. The van der Waals surface area contributed by atoms with Crippen LogP contribution in [0.15, 0.2) is 84.9 Å². The van der Waals surface area contributed by atoms with Gasteiger partial charge in [-0.1, -0.05) is 30.3 Å². The number of hydrogen-bond acceptors (Lipinski definition) is 9. The van der Waals surface area contributed by atoms with Gasteiger partial charge in [0.05, 0.1) is 13.7 Å². The minimum atomic E-state index is -0.593. The average Bonchev–Trinajstić information content (AvgIpc) is 3.55. The zero-order valence-electron chi connectivity index (χ0n) is 31.9. The van der Waals surface area contributed by atoms with Gasteiger partial charge in [-0.15, -0.1) is 0 Å². The lowest BCUT2D eigenvalue weighted by molar-refractivity contribution is -0.136. The molecule has 0 saturated carbocycles. The van der Waals surface area contributed by atoms with E-state index in [4.69, 9.17) is 9.47 Å². The molecule has 0 radical (unpaired) electrons. The molecule has 2 N–H and O–H groups in total. The van der Waals surface area contributed by atoms with Gasteiger partial charge in [0, 0.05) is 99.2 Å². The van der Waals surface area contributed by atoms with E-state index in [1.807, 2.05) is 30.3 Å². The Bertz CT molecular complexity index is 2120. The van der Waals surface area contributed by atoms with Crippen LogP contribution < -0.4 is 24.6 Å². The number of phenols is 1. The highest BCUT2D eigenvalue weighted by Crippen LogP contribution is 2.47. The molecule has 56 heavy (non-hydrogen) atoms. The summed E-state index contributed by atoms with van der Waals surface area (Å²) < 4.78 is 11.8. The van der Waals surface area contributed by atoms with E-state index in [9.17, 15) is 19.5 Å². The largest absolute Gasteiger partial charge is 0.508 e. The van der Waals surface area contributed by atoms with Crippen LogP contribution in [0.4, 0.5) is 11.4 Å². The molecule has 1 unspecified atom stereocenters. The van der Waals surface area contributed by atoms with Gasteiger partial charge < -0.3 is 29.3 Å². The fourth-order valence-electron chi connectivity index (χ4n) is 9.55. The van der Waals surface area contributed by atoms with Gasteiger partial charge in [0.25, 0.3) is 5.91 Å². The minimum Gasteiger partial charge on any atom is -0.508 e. The Balaban J connectivity index is 0.787. The fraction of sp³-hybridized carbons (Fsp3) is 0.400. The smallest absolute Gasteiger partial charge is 0.255 e. The van der Waals surface area contributed by atoms with Gasteiger partial charge in [-0.05, 0) is 90.4 Å². The summed E-state index contributed by atoms with van der Waals surface area (Å²) in [5.74, 6) is 1.85. The van der Waals surface area contributed by atoms with E-state index in [1.165, 1.54) is 29.7 Å². The fourth-order valence-corrected chi connectivity index (χ4v) is 9.55. The van der Waals surface area contributed by atoms with E-state index >= 15 is 0 Å². The Labute approximate surface area is 327 Å². The van der Waals surface area contributed by atoms with Crippen molar-refractivity contribution < 1.29 is 29.0 Å². The Hall–Kier alpha value is -5.55. The standard InChI is InChI=1S/C45H49N5O6/c1-55-36-4-2-3-31(24-36)39-28-56-41-25-35(51)10-12-38(41)43(39)30-5-7-33(8-6-30)48-17-15-29(16-18-48)26-47-19-21-49(22-20-47)34-9-11-37-32(23-34)27-50(45(37)54)40-13-14-42(52)46-44(40)53/h2-12,23-25,29,39-40,43,51H,13-22,26-28H2,1H3,(H,46,52,53)/t39?,40-,43+/m0/s1. The molecule has 4 aromatic carbocycles. The number of aromatic hydroxyl groups is 1. The highest BCUT2D eigenvalue weighted by molar-refractivity contribution is 6.05. The summed E-state index contributed by atoms with van der Waals surface area (Å²) in [4.78, 5) is 46.4. The molecule has 5 aliphatic heterocycles. The topological polar surface area (TPSA) is 115 Å². The number of rotatable bonds is 8. The van der Waals surface area contributed by atoms with Gasteiger partial charge in [-0.2, -0.15) is 0 Å². The van der Waals surface area contributed by atoms with Crippen LogP contribution in [-0.2, 0) is 16.1 Å². The molecule has 0 aromatic heterocycles. The molecular weight excluding hydrogens is 707 g/mol. The van der Waals surface area contributed by atoms with Crippen molar-refractivity contribution in [1.29, 1.82) is 0 Å². The molecule has 0 spiro atoms. The Morgan fingerprint density at radius 2 is 1.57 bits per heavy atom. The zero-order chi connectivity index (χ0) is 38.3. The maximum absolute atomic E-state index is 13.2. The lowest BCUT2D eigenvalue weighted by Crippen LogP contribution is -2.52. The summed E-state index contributed by atoms with van der Waals surface area (Å²) in [6.07, 6.45) is 2.96. The molecule has 11 heteroatoms. The van der Waals surface area contributed by atoms with E-state index in [0.717, 1.165) is 74.1 Å². The number of carbonyl (C=O) groups is 3. The monoisotopic (exact) mass is 755 g/mol. The third-order valence-electron chi connectivity index (χ3n) is 12.7. The van der Waals surface area contributed by atoms with Crippen LogP contribution in [0.1, 0.15) is 70.1 Å². The second-order valence-electron chi connectivity index (χ2n) is 15.9. The van der Waals surface area contributed by atoms with Crippen LogP contribution in [0.25, 0.3) is 0 Å². The van der Waals surface area contributed by atoms with Crippen molar-refractivity contribution in [2.75, 3.05) is 69.3 Å². The molecule has 290 valence electrons. The lowest BCUT2D eigenvalue weighted by atomic mass is 9.76. The quantitative estimate of drug-likeness (QED) is 0.225. The number of imide groups is 1. The van der Waals surface area contributed by atoms with E-state index in [2.05, 4.69) is 62.5 Å². The lowest BCUT2D eigenvalue weighted by Gasteiger charge is -2.40. The normalized spacial score (nSPS) is 23.1. The number of hydrogen-bond donors (Lipinski definition) is 2. The zero-order valence-corrected chi connectivity index (χ0v) is 31.9. The van der Waals surface area contributed by atoms with Crippen molar-refractivity contribution in [2.24, 2.45) is 5.92 Å². The van der Waals surface area contributed by atoms with Gasteiger partial charge in [-0.3, -0.25) is 24.6 Å². The number of piperazine rings is 1. The van der Waals surface area contributed by atoms with Crippen LogP contribution in [0.3, 0.4) is 0 Å². The number of methoxy groups -OCH3 is 1. The highest BCUT2D eigenvalue weighted by atomic mass is 16.5. The van der Waals surface area contributed by atoms with Crippen molar-refractivity contribution in [2.45, 2.75) is 50.1 Å². The molecule has 3 amide bonds. The summed E-state index contributed by atoms with van der Waals surface area (Å²) in [6, 6.07) is 28.3. The van der Waals surface area contributed by atoms with Crippen molar-refractivity contribution in [3.63, 3.8) is 0 Å². The number of carbonyl (C=O) groups excluding carboxylic acids is 3. The van der Waals surface area contributed by atoms with E-state index < -0.39 is 6.04 Å². The maximum Gasteiger partial charge on any atom is 0.255 e. The van der Waals surface area contributed by atoms with Crippen molar-refractivity contribution in [3.8, 4) is 17.2 Å². The van der Waals surface area contributed by atoms with Crippen molar-refractivity contribution >= 4 is 29.1 Å². The molecule has 0 aliphatic carbocycles. The third-order valence-corrected chi connectivity index (χ3v) is 12.7. The predicted octanol–water partition coefficient (Wildman–Crippen LogP) is 5.51. The van der Waals surface area contributed by atoms with Crippen LogP contribution >= 0.6 is 0 Å². The third kappa shape index (κ3) is 7.04. The number of piperidine rings is 2. The second kappa shape index (κ2) is 15.2. The number of benzene rings is 4. The molecule has 5 heterocycles. The maximum atomic E-state index is 13.2. The van der Waals surface area contributed by atoms with E-state index in [0.29, 0.717) is 31.1 Å². The SMILES string of the molecule is COc1cccc(C2COc3cc(O)ccc3[C@H]2c2ccc(N3CCC(CN4CCN(c5ccc6c(c5)CN([C@H]5CCC(=O)NC5=O)C6=O)CC4)CC3)cc2)c1. The average molecular weight is 756 g/mol. The molecule has 5 aliphatic rings. The summed E-state index contributed by atoms with van der Waals surface area (Å²) in [5.41, 5.74) is 7.47. The number of phenolic OH excluding ortho intramolecular Hbond substituents is 1. The molecule has 3 atom stereocenters. The summed E-state index contributed by atoms with van der Waals surface area (Å²) in [6.45, 7) is 8.00. The number of amides is 3. The van der Waals surface area contributed by atoms with E-state index in [1.54, 1.807) is 24.1 Å². The number of ether oxygens (including phenoxy) is 2. The second-order valence-corrected chi connectivity index (χ2v) is 15.9. The minimum absolute atomic E-state index is 0.0777. The van der Waals surface area contributed by atoms with Gasteiger partial charge in [0.15, 0.2) is 0 Å². The van der Waals surface area contributed by atoms with Crippen LogP contribution in [0.2, 0.25) is 0 Å². The van der Waals surface area contributed by atoms with Gasteiger partial charge in [0.2, 0.25) is 11.8 Å². The first-order valence-corrected chi connectivity index (χ1v) is 20.0. The molecule has 9 rings (SSSR count). The highest BCUT2D eigenvalue weighted by Gasteiger charge is 2.39. The summed E-state index contributed by atoms with van der Waals surface area (Å²) in [5, 5.41) is 12.6. The van der Waals surface area contributed by atoms with Gasteiger partial charge in [0.1, 0.15) is 23.3 Å². The molecule has 11 nitrogen and oxygen atoms in total. The first kappa shape index (κ1) is 36.1. The number of fused-ring (bicyclic) bond motifs is 2. The first-order chi connectivity index (χ1) is 27.3. The van der Waals surface area contributed by atoms with Crippen LogP contribution in [-0.4, -0.2) is 98.2 Å². The molecule has 0 bridgehead atoms. The summed E-state index contributed by atoms with van der Waals surface area (Å²) >= 11 is 0. The molecular formula is C45H49N5O6. The Morgan fingerprint density at radius 3 is 2.34 bits per heavy atom. The van der Waals surface area contributed by atoms with Crippen LogP contribution in [0.5, 0.6) is 17.2 Å².